The van der Waals surface area contributed by atoms with E-state index in [1.807, 2.05) is 0 Å². The fourth-order valence-electron chi connectivity index (χ4n) is 6.46. The summed E-state index contributed by atoms with van der Waals surface area (Å²) in [6, 6.07) is 34.4. The molecule has 0 aliphatic heterocycles. The van der Waals surface area contributed by atoms with Crippen LogP contribution in [0.4, 0.5) is 0 Å². The van der Waals surface area contributed by atoms with E-state index in [2.05, 4.69) is 138 Å². The number of H-pyrrole nitrogens is 3. The molecule has 7 aromatic rings. The zero-order chi connectivity index (χ0) is 26.4. The largest absolute Gasteiger partial charge is 0.497 e. The van der Waals surface area contributed by atoms with Crippen LogP contribution in [0, 0.1) is 0 Å². The Kier molecular flexibility index (Phi) is 5.55. The first-order chi connectivity index (χ1) is 19.2. The molecule has 0 radical (unpaired) electrons. The van der Waals surface area contributed by atoms with Gasteiger partial charge in [-0.25, -0.2) is 0 Å². The van der Waals surface area contributed by atoms with Crippen molar-refractivity contribution in [3.8, 4) is 5.75 Å². The van der Waals surface area contributed by atoms with E-state index in [9.17, 15) is 0 Å². The number of nitrogens with one attached hydrogen (secondary N) is 3. The first kappa shape index (κ1) is 23.4. The lowest BCUT2D eigenvalue weighted by Gasteiger charge is -2.34. The summed E-state index contributed by atoms with van der Waals surface area (Å²) >= 11 is 0. The number of para-hydroxylation sites is 3. The van der Waals surface area contributed by atoms with Gasteiger partial charge < -0.3 is 19.7 Å². The van der Waals surface area contributed by atoms with Crippen LogP contribution >= 0.6 is 0 Å². The van der Waals surface area contributed by atoms with E-state index in [-0.39, 0.29) is 11.3 Å². The fraction of sp³-hybridized carbons (Fsp3) is 0.143. The number of hydrogen-bond acceptors (Lipinski definition) is 1. The second-order valence-electron chi connectivity index (χ2n) is 10.6. The lowest BCUT2D eigenvalue weighted by atomic mass is 9.68. The monoisotopic (exact) mass is 509 g/mol. The number of aromatic nitrogens is 3. The molecule has 0 saturated heterocycles. The van der Waals surface area contributed by atoms with Gasteiger partial charge in [-0.1, -0.05) is 73.7 Å². The molecule has 3 heterocycles. The Morgan fingerprint density at radius 1 is 0.615 bits per heavy atom. The topological polar surface area (TPSA) is 56.6 Å². The molecule has 1 unspecified atom stereocenters. The highest BCUT2D eigenvalue weighted by molar-refractivity contribution is 5.89. The average molecular weight is 510 g/mol. The Hall–Kier alpha value is -4.70. The Balaban J connectivity index is 1.47. The van der Waals surface area contributed by atoms with Gasteiger partial charge in [-0.15, -0.1) is 0 Å². The van der Waals surface area contributed by atoms with Crippen molar-refractivity contribution in [3.05, 3.63) is 138 Å². The van der Waals surface area contributed by atoms with Crippen molar-refractivity contribution in [2.45, 2.75) is 24.7 Å². The number of methoxy groups -OCH3 is 1. The van der Waals surface area contributed by atoms with Crippen molar-refractivity contribution >= 4 is 32.7 Å². The van der Waals surface area contributed by atoms with Crippen LogP contribution in [0.3, 0.4) is 0 Å². The quantitative estimate of drug-likeness (QED) is 0.198. The number of aromatic amines is 3. The van der Waals surface area contributed by atoms with Crippen LogP contribution in [0.2, 0.25) is 0 Å². The minimum absolute atomic E-state index is 0.138. The Morgan fingerprint density at radius 2 is 1.10 bits per heavy atom. The van der Waals surface area contributed by atoms with Crippen LogP contribution in [0.15, 0.2) is 116 Å². The van der Waals surface area contributed by atoms with Crippen molar-refractivity contribution < 1.29 is 4.74 Å². The van der Waals surface area contributed by atoms with Gasteiger partial charge in [0.2, 0.25) is 0 Å². The van der Waals surface area contributed by atoms with E-state index in [4.69, 9.17) is 4.74 Å². The standard InChI is InChI=1S/C35H31N3O/c1-35(30-21-37-33-13-7-4-10-26(30)33,31-22-38-34-14-8-5-11-27(31)34)19-28(23-15-17-24(39-2)18-16-23)29-20-36-32-12-6-3-9-25(29)32/h3-18,20-22,28,36-38H,19H2,1-2H3. The van der Waals surface area contributed by atoms with E-state index in [0.717, 1.165) is 28.7 Å². The van der Waals surface area contributed by atoms with E-state index < -0.39 is 0 Å². The highest BCUT2D eigenvalue weighted by Gasteiger charge is 2.37. The normalized spacial score (nSPS) is 12.9. The Morgan fingerprint density at radius 3 is 1.67 bits per heavy atom. The average Bonchev–Trinajstić information content (AvgIpc) is 3.73. The minimum Gasteiger partial charge on any atom is -0.497 e. The zero-order valence-electron chi connectivity index (χ0n) is 22.2. The number of rotatable bonds is 7. The highest BCUT2D eigenvalue weighted by atomic mass is 16.5. The third-order valence-corrected chi connectivity index (χ3v) is 8.49. The smallest absolute Gasteiger partial charge is 0.118 e. The molecule has 0 aliphatic rings. The van der Waals surface area contributed by atoms with Gasteiger partial charge in [0.25, 0.3) is 0 Å². The maximum absolute atomic E-state index is 5.51. The molecule has 4 heteroatoms. The van der Waals surface area contributed by atoms with Crippen LogP contribution in [-0.4, -0.2) is 22.1 Å². The first-order valence-electron chi connectivity index (χ1n) is 13.5. The minimum atomic E-state index is -0.303. The van der Waals surface area contributed by atoms with Crippen molar-refractivity contribution in [1.82, 2.24) is 15.0 Å². The Labute approximate surface area is 227 Å². The molecule has 39 heavy (non-hydrogen) atoms. The fourth-order valence-corrected chi connectivity index (χ4v) is 6.46. The molecule has 4 aromatic carbocycles. The molecule has 4 nitrogen and oxygen atoms in total. The zero-order valence-corrected chi connectivity index (χ0v) is 22.2. The highest BCUT2D eigenvalue weighted by Crippen LogP contribution is 2.48. The van der Waals surface area contributed by atoms with Gasteiger partial charge in [0, 0.05) is 62.6 Å². The predicted molar refractivity (Wildman–Crippen MR) is 161 cm³/mol. The number of hydrogen-bond donors (Lipinski definition) is 3. The molecular weight excluding hydrogens is 478 g/mol. The molecule has 7 rings (SSSR count). The van der Waals surface area contributed by atoms with Crippen LogP contribution in [0.1, 0.15) is 41.5 Å². The maximum atomic E-state index is 5.51. The summed E-state index contributed by atoms with van der Waals surface area (Å²) < 4.78 is 5.51. The maximum Gasteiger partial charge on any atom is 0.118 e. The summed E-state index contributed by atoms with van der Waals surface area (Å²) in [6.45, 7) is 2.41. The summed E-state index contributed by atoms with van der Waals surface area (Å²) in [5.74, 6) is 1.01. The SMILES string of the molecule is COc1ccc(C(CC(C)(c2c[nH]c3ccccc23)c2c[nH]c3ccccc23)c2c[nH]c3ccccc23)cc1. The van der Waals surface area contributed by atoms with Gasteiger partial charge in [0.15, 0.2) is 0 Å². The van der Waals surface area contributed by atoms with Crippen molar-refractivity contribution in [2.24, 2.45) is 0 Å². The van der Waals surface area contributed by atoms with Crippen LogP contribution in [0.25, 0.3) is 32.7 Å². The third-order valence-electron chi connectivity index (χ3n) is 8.49. The number of fused-ring (bicyclic) bond motifs is 3. The molecule has 1 atom stereocenters. The molecule has 0 bridgehead atoms. The van der Waals surface area contributed by atoms with Gasteiger partial charge in [0.05, 0.1) is 7.11 Å². The van der Waals surface area contributed by atoms with E-state index >= 15 is 0 Å². The van der Waals surface area contributed by atoms with Crippen LogP contribution < -0.4 is 4.74 Å². The summed E-state index contributed by atoms with van der Waals surface area (Å²) in [7, 11) is 1.72. The lowest BCUT2D eigenvalue weighted by Crippen LogP contribution is -2.26. The van der Waals surface area contributed by atoms with Gasteiger partial charge in [-0.05, 0) is 59.0 Å². The molecule has 3 N–H and O–H groups in total. The lowest BCUT2D eigenvalue weighted by molar-refractivity contribution is 0.414. The van der Waals surface area contributed by atoms with Crippen LogP contribution in [0.5, 0.6) is 5.75 Å². The van der Waals surface area contributed by atoms with E-state index in [1.54, 1.807) is 7.11 Å². The molecule has 0 aliphatic carbocycles. The van der Waals surface area contributed by atoms with Gasteiger partial charge >= 0.3 is 0 Å². The van der Waals surface area contributed by atoms with Crippen molar-refractivity contribution in [1.29, 1.82) is 0 Å². The second-order valence-corrected chi connectivity index (χ2v) is 10.6. The number of benzene rings is 4. The molecule has 192 valence electrons. The molecule has 0 spiro atoms. The van der Waals surface area contributed by atoms with Crippen molar-refractivity contribution in [2.75, 3.05) is 7.11 Å². The van der Waals surface area contributed by atoms with Crippen LogP contribution in [-0.2, 0) is 5.41 Å². The van der Waals surface area contributed by atoms with Gasteiger partial charge in [-0.3, -0.25) is 0 Å². The summed E-state index contributed by atoms with van der Waals surface area (Å²) in [6.07, 6.45) is 7.51. The summed E-state index contributed by atoms with van der Waals surface area (Å²) in [4.78, 5) is 10.7. The second kappa shape index (κ2) is 9.25. The molecular formula is C35H31N3O. The number of ether oxygens (including phenoxy) is 1. The summed E-state index contributed by atoms with van der Waals surface area (Å²) in [5, 5.41) is 3.79. The first-order valence-corrected chi connectivity index (χ1v) is 13.5. The van der Waals surface area contributed by atoms with E-state index in [1.165, 1.54) is 38.4 Å². The van der Waals surface area contributed by atoms with Gasteiger partial charge in [-0.2, -0.15) is 0 Å². The predicted octanol–water partition coefficient (Wildman–Crippen LogP) is 8.67. The van der Waals surface area contributed by atoms with Gasteiger partial charge in [0.1, 0.15) is 5.75 Å². The molecule has 3 aromatic heterocycles. The summed E-state index contributed by atoms with van der Waals surface area (Å²) in [5.41, 5.74) is 8.36. The molecule has 0 fully saturated rings. The molecule has 0 saturated carbocycles. The van der Waals surface area contributed by atoms with E-state index in [0.29, 0.717) is 0 Å². The third kappa shape index (κ3) is 3.83. The molecule has 0 amide bonds. The van der Waals surface area contributed by atoms with Crippen molar-refractivity contribution in [3.63, 3.8) is 0 Å². The Bertz CT molecular complexity index is 1830.